The third kappa shape index (κ3) is 5.48. The molecule has 0 saturated heterocycles. The van der Waals surface area contributed by atoms with E-state index in [4.69, 9.17) is 14.2 Å². The predicted molar refractivity (Wildman–Crippen MR) is 125 cm³/mol. The second kappa shape index (κ2) is 9.58. The maximum atomic E-state index is 12.3. The third-order valence-corrected chi connectivity index (χ3v) is 5.12. The zero-order chi connectivity index (χ0) is 21.0. The molecule has 1 aliphatic rings. The topological polar surface area (TPSA) is 57.1 Å². The first-order valence-electron chi connectivity index (χ1n) is 8.89. The van der Waals surface area contributed by atoms with Crippen LogP contribution in [0.1, 0.15) is 25.0 Å². The number of halogens is 2. The van der Waals surface area contributed by atoms with Crippen molar-refractivity contribution in [3.8, 4) is 11.5 Å². The minimum absolute atomic E-state index is 0.225. The third-order valence-electron chi connectivity index (χ3n) is 3.81. The van der Waals surface area contributed by atoms with Crippen LogP contribution in [0, 0.1) is 3.57 Å². The van der Waals surface area contributed by atoms with Crippen molar-refractivity contribution in [1.82, 2.24) is 0 Å². The molecule has 0 aromatic heterocycles. The smallest absolute Gasteiger partial charge is 0.363 e. The number of carbonyl (C=O) groups excluding carboxylic acids is 1. The van der Waals surface area contributed by atoms with E-state index in [0.29, 0.717) is 35.1 Å². The van der Waals surface area contributed by atoms with Gasteiger partial charge in [0.25, 0.3) is 0 Å². The highest BCUT2D eigenvalue weighted by molar-refractivity contribution is 14.1. The van der Waals surface area contributed by atoms with Crippen molar-refractivity contribution in [2.45, 2.75) is 13.8 Å². The maximum Gasteiger partial charge on any atom is 0.363 e. The van der Waals surface area contributed by atoms with Crippen molar-refractivity contribution in [1.29, 1.82) is 0 Å². The van der Waals surface area contributed by atoms with Crippen molar-refractivity contribution in [2.24, 2.45) is 4.99 Å². The summed E-state index contributed by atoms with van der Waals surface area (Å²) in [5.74, 6) is 0.968. The van der Waals surface area contributed by atoms with Gasteiger partial charge in [-0.1, -0.05) is 6.58 Å². The van der Waals surface area contributed by atoms with Gasteiger partial charge in [-0.05, 0) is 106 Å². The first-order chi connectivity index (χ1) is 13.9. The molecule has 0 radical (unpaired) electrons. The highest BCUT2D eigenvalue weighted by Gasteiger charge is 2.24. The summed E-state index contributed by atoms with van der Waals surface area (Å²) >= 11 is 5.74. The van der Waals surface area contributed by atoms with Gasteiger partial charge < -0.3 is 14.2 Å². The Hall–Kier alpha value is -2.13. The fourth-order valence-electron chi connectivity index (χ4n) is 2.55. The summed E-state index contributed by atoms with van der Waals surface area (Å²) in [5.41, 5.74) is 2.62. The van der Waals surface area contributed by atoms with E-state index in [1.807, 2.05) is 44.2 Å². The number of esters is 1. The lowest BCUT2D eigenvalue weighted by atomic mass is 10.1. The van der Waals surface area contributed by atoms with E-state index in [9.17, 15) is 4.79 Å². The maximum absolute atomic E-state index is 12.3. The van der Waals surface area contributed by atoms with Crippen LogP contribution in [0.2, 0.25) is 0 Å². The quantitative estimate of drug-likeness (QED) is 0.185. The minimum atomic E-state index is -0.491. The van der Waals surface area contributed by atoms with E-state index >= 15 is 0 Å². The number of nitrogens with zero attached hydrogens (tertiary/aromatic N) is 1. The molecular weight excluding hydrogens is 549 g/mol. The molecule has 150 valence electrons. The van der Waals surface area contributed by atoms with Gasteiger partial charge in [0.15, 0.2) is 17.2 Å². The molecule has 29 heavy (non-hydrogen) atoms. The number of carbonyl (C=O) groups is 1. The molecule has 0 amide bonds. The van der Waals surface area contributed by atoms with Crippen LogP contribution in [0.3, 0.4) is 0 Å². The average Bonchev–Trinajstić information content (AvgIpc) is 3.02. The summed E-state index contributed by atoms with van der Waals surface area (Å²) in [5, 5.41) is 0. The normalized spacial score (nSPS) is 14.6. The molecule has 0 spiro atoms. The van der Waals surface area contributed by atoms with Crippen LogP contribution in [0.25, 0.3) is 6.08 Å². The molecule has 0 bridgehead atoms. The van der Waals surface area contributed by atoms with E-state index in [0.717, 1.165) is 20.3 Å². The van der Waals surface area contributed by atoms with Gasteiger partial charge >= 0.3 is 5.97 Å². The molecule has 2 aromatic carbocycles. The molecule has 0 unspecified atom stereocenters. The number of aliphatic imine (C=N–C) groups is 1. The molecule has 0 fully saturated rings. The van der Waals surface area contributed by atoms with Crippen molar-refractivity contribution < 1.29 is 19.0 Å². The molecule has 3 rings (SSSR count). The van der Waals surface area contributed by atoms with E-state index in [2.05, 4.69) is 50.1 Å². The summed E-state index contributed by atoms with van der Waals surface area (Å²) in [6.07, 6.45) is 1.66. The molecule has 7 heteroatoms. The summed E-state index contributed by atoms with van der Waals surface area (Å²) in [6.45, 7) is 8.50. The van der Waals surface area contributed by atoms with Crippen molar-refractivity contribution in [3.05, 3.63) is 73.4 Å². The number of rotatable bonds is 7. The average molecular weight is 568 g/mol. The largest absolute Gasteiger partial charge is 0.490 e. The molecule has 0 N–H and O–H groups in total. The molecule has 0 atom stereocenters. The second-order valence-corrected chi connectivity index (χ2v) is 8.45. The van der Waals surface area contributed by atoms with Gasteiger partial charge in [-0.3, -0.25) is 0 Å². The molecule has 2 aromatic rings. The van der Waals surface area contributed by atoms with Crippen molar-refractivity contribution >= 4 is 56.5 Å². The Morgan fingerprint density at radius 3 is 2.66 bits per heavy atom. The lowest BCUT2D eigenvalue weighted by Gasteiger charge is -2.14. The lowest BCUT2D eigenvalue weighted by Crippen LogP contribution is -2.05. The summed E-state index contributed by atoms with van der Waals surface area (Å²) in [4.78, 5) is 16.6. The Labute approximate surface area is 191 Å². The summed E-state index contributed by atoms with van der Waals surface area (Å²) < 4.78 is 18.7. The predicted octanol–water partition coefficient (Wildman–Crippen LogP) is 5.75. The Balaban J connectivity index is 1.93. The molecule has 0 aliphatic carbocycles. The number of cyclic esters (lactones) is 1. The zero-order valence-electron chi connectivity index (χ0n) is 16.0. The second-order valence-electron chi connectivity index (χ2n) is 6.35. The van der Waals surface area contributed by atoms with Crippen LogP contribution in [0.4, 0.5) is 0 Å². The van der Waals surface area contributed by atoms with Crippen LogP contribution in [0.5, 0.6) is 11.5 Å². The van der Waals surface area contributed by atoms with Crippen LogP contribution in [0.15, 0.2) is 63.7 Å². The van der Waals surface area contributed by atoms with Gasteiger partial charge in [-0.15, -0.1) is 0 Å². The van der Waals surface area contributed by atoms with E-state index in [1.54, 1.807) is 12.1 Å². The SMILES string of the molecule is C=C(C)COc1c(Br)cc(/C=C2\N=C(c3ccc(I)cc3)OC2=O)cc1OCC. The minimum Gasteiger partial charge on any atom is -0.490 e. The van der Waals surface area contributed by atoms with Gasteiger partial charge in [-0.25, -0.2) is 9.79 Å². The number of ether oxygens (including phenoxy) is 3. The van der Waals surface area contributed by atoms with Crippen molar-refractivity contribution in [3.63, 3.8) is 0 Å². The Bertz CT molecular complexity index is 1010. The lowest BCUT2D eigenvalue weighted by molar-refractivity contribution is -0.129. The van der Waals surface area contributed by atoms with Crippen LogP contribution < -0.4 is 9.47 Å². The van der Waals surface area contributed by atoms with Gasteiger partial charge in [-0.2, -0.15) is 0 Å². The molecule has 1 aliphatic heterocycles. The Kier molecular flexibility index (Phi) is 7.13. The highest BCUT2D eigenvalue weighted by Crippen LogP contribution is 2.38. The first kappa shape index (κ1) is 21.6. The van der Waals surface area contributed by atoms with Crippen LogP contribution in [-0.4, -0.2) is 25.1 Å². The standard InChI is InChI=1S/C22H19BrINO4/c1-4-27-19-11-14(9-17(23)20(19)28-12-13(2)3)10-18-22(26)29-21(25-18)15-5-7-16(24)8-6-15/h5-11H,2,4,12H2,1,3H3/b18-10-. The molecule has 5 nitrogen and oxygen atoms in total. The van der Waals surface area contributed by atoms with Gasteiger partial charge in [0.1, 0.15) is 6.61 Å². The first-order valence-corrected chi connectivity index (χ1v) is 10.8. The van der Waals surface area contributed by atoms with Gasteiger partial charge in [0.2, 0.25) is 5.90 Å². The number of hydrogen-bond donors (Lipinski definition) is 0. The van der Waals surface area contributed by atoms with Gasteiger partial charge in [0, 0.05) is 9.13 Å². The Morgan fingerprint density at radius 1 is 1.28 bits per heavy atom. The molecule has 0 saturated carbocycles. The highest BCUT2D eigenvalue weighted by atomic mass is 127. The monoisotopic (exact) mass is 567 g/mol. The molecule has 1 heterocycles. The van der Waals surface area contributed by atoms with Crippen LogP contribution in [-0.2, 0) is 9.53 Å². The fraction of sp³-hybridized carbons (Fsp3) is 0.182. The zero-order valence-corrected chi connectivity index (χ0v) is 19.7. The van der Waals surface area contributed by atoms with E-state index in [-0.39, 0.29) is 5.70 Å². The van der Waals surface area contributed by atoms with Crippen molar-refractivity contribution in [2.75, 3.05) is 13.2 Å². The van der Waals surface area contributed by atoms with E-state index in [1.165, 1.54) is 0 Å². The van der Waals surface area contributed by atoms with Crippen LogP contribution >= 0.6 is 38.5 Å². The summed E-state index contributed by atoms with van der Waals surface area (Å²) in [6, 6.07) is 11.3. The fourth-order valence-corrected chi connectivity index (χ4v) is 3.49. The number of hydrogen-bond acceptors (Lipinski definition) is 5. The number of benzene rings is 2. The van der Waals surface area contributed by atoms with Gasteiger partial charge in [0.05, 0.1) is 11.1 Å². The Morgan fingerprint density at radius 2 is 2.00 bits per heavy atom. The van der Waals surface area contributed by atoms with E-state index < -0.39 is 5.97 Å². The summed E-state index contributed by atoms with van der Waals surface area (Å²) in [7, 11) is 0. The molecular formula is C22H19BrINO4.